The lowest BCUT2D eigenvalue weighted by molar-refractivity contribution is 0.353. The van der Waals surface area contributed by atoms with Crippen molar-refractivity contribution in [1.82, 2.24) is 10.1 Å². The van der Waals surface area contributed by atoms with Crippen molar-refractivity contribution in [2.75, 3.05) is 0 Å². The van der Waals surface area contributed by atoms with Gasteiger partial charge in [0, 0.05) is 15.8 Å². The Bertz CT molecular complexity index is 594. The number of aromatic nitrogens is 2. The second kappa shape index (κ2) is 6.75. The summed E-state index contributed by atoms with van der Waals surface area (Å²) in [6.45, 7) is 0. The van der Waals surface area contributed by atoms with E-state index in [9.17, 15) is 0 Å². The van der Waals surface area contributed by atoms with Crippen LogP contribution in [0.1, 0.15) is 24.2 Å². The lowest BCUT2D eigenvalue weighted by atomic mass is 10.2. The average Bonchev–Trinajstić information content (AvgIpc) is 2.87. The number of halogens is 1. The van der Waals surface area contributed by atoms with Gasteiger partial charge >= 0.3 is 0 Å². The van der Waals surface area contributed by atoms with Crippen molar-refractivity contribution in [2.24, 2.45) is 5.73 Å². The predicted molar refractivity (Wildman–Crippen MR) is 78.4 cm³/mol. The first-order chi connectivity index (χ1) is 9.20. The molecule has 0 fully saturated rings. The van der Waals surface area contributed by atoms with Crippen molar-refractivity contribution in [3.63, 3.8) is 0 Å². The van der Waals surface area contributed by atoms with Crippen LogP contribution in [0.2, 0.25) is 0 Å². The van der Waals surface area contributed by atoms with Crippen LogP contribution < -0.4 is 5.73 Å². The zero-order chi connectivity index (χ0) is 13.7. The van der Waals surface area contributed by atoms with Crippen LogP contribution in [-0.2, 0) is 5.75 Å². The molecule has 0 aliphatic heterocycles. The number of nitrogens with zero attached hydrogens (tertiary/aromatic N) is 2. The molecular formula is C13H12BrN3OS. The molecule has 0 saturated heterocycles. The van der Waals surface area contributed by atoms with Gasteiger partial charge in [0.1, 0.15) is 0 Å². The van der Waals surface area contributed by atoms with E-state index in [1.54, 1.807) is 11.8 Å². The van der Waals surface area contributed by atoms with Gasteiger partial charge in [-0.25, -0.2) is 0 Å². The van der Waals surface area contributed by atoms with Crippen molar-refractivity contribution in [3.05, 3.63) is 40.5 Å². The lowest BCUT2D eigenvalue weighted by Crippen LogP contribution is -2.09. The zero-order valence-electron chi connectivity index (χ0n) is 10.0. The van der Waals surface area contributed by atoms with Gasteiger partial charge in [-0.2, -0.15) is 4.98 Å². The molecule has 4 nitrogen and oxygen atoms in total. The third-order valence-corrected chi connectivity index (χ3v) is 4.36. The maximum absolute atomic E-state index is 5.80. The summed E-state index contributed by atoms with van der Waals surface area (Å²) >= 11 is 5.12. The van der Waals surface area contributed by atoms with E-state index < -0.39 is 0 Å². The molecule has 0 amide bonds. The Labute approximate surface area is 124 Å². The normalized spacial score (nSPS) is 12.1. The number of hydrogen-bond donors (Lipinski definition) is 1. The Balaban J connectivity index is 1.98. The van der Waals surface area contributed by atoms with Gasteiger partial charge in [0.25, 0.3) is 0 Å². The van der Waals surface area contributed by atoms with E-state index in [1.165, 1.54) is 0 Å². The third kappa shape index (κ3) is 3.83. The van der Waals surface area contributed by atoms with Crippen molar-refractivity contribution < 1.29 is 4.52 Å². The van der Waals surface area contributed by atoms with Gasteiger partial charge in [-0.3, -0.25) is 0 Å². The highest BCUT2D eigenvalue weighted by atomic mass is 79.9. The summed E-state index contributed by atoms with van der Waals surface area (Å²) in [6.07, 6.45) is 5.58. The van der Waals surface area contributed by atoms with Gasteiger partial charge in [-0.1, -0.05) is 17.3 Å². The highest BCUT2D eigenvalue weighted by Gasteiger charge is 2.14. The molecule has 0 aliphatic carbocycles. The summed E-state index contributed by atoms with van der Waals surface area (Å²) in [5.74, 6) is 4.10. The van der Waals surface area contributed by atoms with Crippen LogP contribution in [0, 0.1) is 12.3 Å². The number of benzene rings is 1. The molecule has 1 aromatic carbocycles. The van der Waals surface area contributed by atoms with Crippen LogP contribution in [0.4, 0.5) is 0 Å². The standard InChI is InChI=1S/C13H12BrN3OS/c1-2-5-10(15)13-16-12(17-18-13)8-19-11-7-4-3-6-9(11)14/h1,3-4,6-7,10H,5,8,15H2. The molecule has 1 unspecified atom stereocenters. The fraction of sp³-hybridized carbons (Fsp3) is 0.231. The van der Waals surface area contributed by atoms with Crippen molar-refractivity contribution in [1.29, 1.82) is 0 Å². The molecule has 6 heteroatoms. The van der Waals surface area contributed by atoms with Crippen LogP contribution in [-0.4, -0.2) is 10.1 Å². The molecule has 1 aromatic heterocycles. The topological polar surface area (TPSA) is 64.9 Å². The van der Waals surface area contributed by atoms with Crippen LogP contribution >= 0.6 is 27.7 Å². The maximum atomic E-state index is 5.80. The van der Waals surface area contributed by atoms with Crippen molar-refractivity contribution in [2.45, 2.75) is 23.1 Å². The first-order valence-corrected chi connectivity index (χ1v) is 7.37. The van der Waals surface area contributed by atoms with Crippen LogP contribution in [0.15, 0.2) is 38.2 Å². The van der Waals surface area contributed by atoms with E-state index in [0.717, 1.165) is 9.37 Å². The summed E-state index contributed by atoms with van der Waals surface area (Å²) in [6, 6.07) is 7.59. The average molecular weight is 338 g/mol. The SMILES string of the molecule is C#CCC(N)c1nc(CSc2ccccc2Br)no1. The molecule has 0 radical (unpaired) electrons. The molecular weight excluding hydrogens is 326 g/mol. The summed E-state index contributed by atoms with van der Waals surface area (Å²) in [5, 5.41) is 3.89. The lowest BCUT2D eigenvalue weighted by Gasteiger charge is -2.01. The molecule has 2 aromatic rings. The molecule has 2 N–H and O–H groups in total. The molecule has 0 spiro atoms. The number of thioether (sulfide) groups is 1. The fourth-order valence-electron chi connectivity index (χ4n) is 1.40. The molecule has 2 rings (SSSR count). The summed E-state index contributed by atoms with van der Waals surface area (Å²) in [4.78, 5) is 5.37. The van der Waals surface area contributed by atoms with Crippen molar-refractivity contribution in [3.8, 4) is 12.3 Å². The fourth-order valence-corrected chi connectivity index (χ4v) is 2.81. The van der Waals surface area contributed by atoms with E-state index >= 15 is 0 Å². The highest BCUT2D eigenvalue weighted by Crippen LogP contribution is 2.29. The minimum atomic E-state index is -0.389. The number of rotatable bonds is 5. The summed E-state index contributed by atoms with van der Waals surface area (Å²) in [5.41, 5.74) is 5.80. The second-order valence-corrected chi connectivity index (χ2v) is 5.65. The monoisotopic (exact) mass is 337 g/mol. The van der Waals surface area contributed by atoms with Gasteiger partial charge in [0.2, 0.25) is 5.89 Å². The number of terminal acetylenes is 1. The predicted octanol–water partition coefficient (Wildman–Crippen LogP) is 3.15. The zero-order valence-corrected chi connectivity index (χ0v) is 12.4. The van der Waals surface area contributed by atoms with Gasteiger partial charge in [0.15, 0.2) is 5.82 Å². The van der Waals surface area contributed by atoms with Gasteiger partial charge in [-0.15, -0.1) is 24.1 Å². The second-order valence-electron chi connectivity index (χ2n) is 3.78. The molecule has 98 valence electrons. The highest BCUT2D eigenvalue weighted by molar-refractivity contribution is 9.10. The Morgan fingerprint density at radius 1 is 1.47 bits per heavy atom. The van der Waals surface area contributed by atoms with E-state index in [4.69, 9.17) is 16.7 Å². The first-order valence-electron chi connectivity index (χ1n) is 5.59. The Kier molecular flexibility index (Phi) is 5.02. The first kappa shape index (κ1) is 14.1. The van der Waals surface area contributed by atoms with E-state index in [-0.39, 0.29) is 6.04 Å². The number of nitrogens with two attached hydrogens (primary N) is 1. The Hall–Kier alpha value is -1.29. The van der Waals surface area contributed by atoms with Gasteiger partial charge < -0.3 is 10.3 Å². The maximum Gasteiger partial charge on any atom is 0.244 e. The molecule has 19 heavy (non-hydrogen) atoms. The van der Waals surface area contributed by atoms with Gasteiger partial charge in [0.05, 0.1) is 11.8 Å². The molecule has 1 atom stereocenters. The van der Waals surface area contributed by atoms with Gasteiger partial charge in [-0.05, 0) is 28.1 Å². The van der Waals surface area contributed by atoms with Crippen molar-refractivity contribution >= 4 is 27.7 Å². The largest absolute Gasteiger partial charge is 0.338 e. The smallest absolute Gasteiger partial charge is 0.244 e. The molecule has 1 heterocycles. The minimum Gasteiger partial charge on any atom is -0.338 e. The Morgan fingerprint density at radius 3 is 3.00 bits per heavy atom. The van der Waals surface area contributed by atoms with Crippen LogP contribution in [0.5, 0.6) is 0 Å². The van der Waals surface area contributed by atoms with Crippen LogP contribution in [0.25, 0.3) is 0 Å². The summed E-state index contributed by atoms with van der Waals surface area (Å²) < 4.78 is 6.14. The molecule has 0 saturated carbocycles. The summed E-state index contributed by atoms with van der Waals surface area (Å²) in [7, 11) is 0. The molecule has 0 bridgehead atoms. The van der Waals surface area contributed by atoms with E-state index in [1.807, 2.05) is 24.3 Å². The number of hydrogen-bond acceptors (Lipinski definition) is 5. The van der Waals surface area contributed by atoms with Crippen LogP contribution in [0.3, 0.4) is 0 Å². The Morgan fingerprint density at radius 2 is 2.26 bits per heavy atom. The minimum absolute atomic E-state index is 0.388. The van der Waals surface area contributed by atoms with E-state index in [2.05, 4.69) is 32.0 Å². The third-order valence-electron chi connectivity index (χ3n) is 2.33. The molecule has 0 aliphatic rings. The quantitative estimate of drug-likeness (QED) is 0.670. The van der Waals surface area contributed by atoms with E-state index in [0.29, 0.717) is 23.9 Å².